The van der Waals surface area contributed by atoms with Gasteiger partial charge in [0.15, 0.2) is 0 Å². The zero-order valence-electron chi connectivity index (χ0n) is 10.2. The van der Waals surface area contributed by atoms with Crippen molar-refractivity contribution in [3.63, 3.8) is 0 Å². The summed E-state index contributed by atoms with van der Waals surface area (Å²) < 4.78 is 13.3. The van der Waals surface area contributed by atoms with Crippen LogP contribution < -0.4 is 11.1 Å². The lowest BCUT2D eigenvalue weighted by atomic mass is 10.2. The lowest BCUT2D eigenvalue weighted by Crippen LogP contribution is -2.24. The van der Waals surface area contributed by atoms with E-state index in [4.69, 9.17) is 5.73 Å². The highest BCUT2D eigenvalue weighted by atomic mass is 19.1. The van der Waals surface area contributed by atoms with Gasteiger partial charge in [0, 0.05) is 18.7 Å². The van der Waals surface area contributed by atoms with Gasteiger partial charge >= 0.3 is 0 Å². The molecule has 0 aliphatic carbocycles. The summed E-state index contributed by atoms with van der Waals surface area (Å²) in [5.41, 5.74) is 6.08. The molecule has 0 unspecified atom stereocenters. The topological polar surface area (TPSA) is 58.4 Å². The number of nitrogen functional groups attached to an aromatic ring is 1. The van der Waals surface area contributed by atoms with E-state index in [-0.39, 0.29) is 11.6 Å². The van der Waals surface area contributed by atoms with Crippen molar-refractivity contribution >= 4 is 17.3 Å². The van der Waals surface area contributed by atoms with Crippen LogP contribution in [0.5, 0.6) is 0 Å². The van der Waals surface area contributed by atoms with Crippen LogP contribution in [0.15, 0.2) is 18.2 Å². The number of benzene rings is 1. The van der Waals surface area contributed by atoms with Gasteiger partial charge in [0.05, 0.1) is 5.69 Å². The Labute approximate surface area is 101 Å². The third kappa shape index (κ3) is 4.40. The molecule has 0 aromatic heterocycles. The molecule has 0 saturated carbocycles. The molecule has 1 rings (SSSR count). The first kappa shape index (κ1) is 13.4. The minimum atomic E-state index is -0.476. The van der Waals surface area contributed by atoms with Crippen LogP contribution in [0.2, 0.25) is 0 Å². The molecule has 0 aliphatic heterocycles. The Hall–Kier alpha value is -1.62. The number of hydrogen-bond acceptors (Lipinski definition) is 3. The average Bonchev–Trinajstić information content (AvgIpc) is 2.30. The first-order valence-electron chi connectivity index (χ1n) is 5.56. The van der Waals surface area contributed by atoms with Crippen molar-refractivity contribution < 1.29 is 9.18 Å². The summed E-state index contributed by atoms with van der Waals surface area (Å²) in [5.74, 6) is -0.689. The third-order valence-electron chi connectivity index (χ3n) is 2.52. The molecular formula is C12H18FN3O. The molecule has 0 aliphatic rings. The van der Waals surface area contributed by atoms with Crippen LogP contribution in [0.1, 0.15) is 13.3 Å². The van der Waals surface area contributed by atoms with Gasteiger partial charge in [0.25, 0.3) is 0 Å². The zero-order valence-corrected chi connectivity index (χ0v) is 10.2. The predicted octanol–water partition coefficient (Wildman–Crippen LogP) is 1.69. The van der Waals surface area contributed by atoms with Crippen molar-refractivity contribution in [2.75, 3.05) is 31.2 Å². The summed E-state index contributed by atoms with van der Waals surface area (Å²) in [7, 11) is 1.92. The van der Waals surface area contributed by atoms with Crippen molar-refractivity contribution in [1.82, 2.24) is 4.90 Å². The second-order valence-electron chi connectivity index (χ2n) is 3.93. The number of anilines is 2. The normalized spacial score (nSPS) is 10.6. The van der Waals surface area contributed by atoms with Crippen molar-refractivity contribution in [1.29, 1.82) is 0 Å². The zero-order chi connectivity index (χ0) is 12.8. The first-order valence-corrected chi connectivity index (χ1v) is 5.56. The summed E-state index contributed by atoms with van der Waals surface area (Å²) in [6.07, 6.45) is 0.332. The number of nitrogens with zero attached hydrogens (tertiary/aromatic N) is 1. The Morgan fingerprint density at radius 3 is 2.88 bits per heavy atom. The molecule has 0 radical (unpaired) electrons. The number of nitrogens with two attached hydrogens (primary N) is 1. The molecule has 5 heteroatoms. The second-order valence-corrected chi connectivity index (χ2v) is 3.93. The molecule has 0 fully saturated rings. The van der Waals surface area contributed by atoms with Gasteiger partial charge in [0.1, 0.15) is 5.82 Å². The molecule has 0 bridgehead atoms. The smallest absolute Gasteiger partial charge is 0.225 e. The van der Waals surface area contributed by atoms with Gasteiger partial charge in [-0.05, 0) is 31.8 Å². The van der Waals surface area contributed by atoms with Crippen molar-refractivity contribution in [3.8, 4) is 0 Å². The molecule has 3 N–H and O–H groups in total. The summed E-state index contributed by atoms with van der Waals surface area (Å²) >= 11 is 0. The average molecular weight is 239 g/mol. The fourth-order valence-corrected chi connectivity index (χ4v) is 1.30. The highest BCUT2D eigenvalue weighted by Crippen LogP contribution is 2.17. The first-order chi connectivity index (χ1) is 8.02. The predicted molar refractivity (Wildman–Crippen MR) is 67.2 cm³/mol. The minimum absolute atomic E-state index is 0.133. The maximum Gasteiger partial charge on any atom is 0.225 e. The van der Waals surface area contributed by atoms with Gasteiger partial charge in [-0.3, -0.25) is 4.79 Å². The van der Waals surface area contributed by atoms with Crippen LogP contribution in [-0.4, -0.2) is 30.9 Å². The van der Waals surface area contributed by atoms with Crippen molar-refractivity contribution in [2.45, 2.75) is 13.3 Å². The van der Waals surface area contributed by atoms with Gasteiger partial charge in [-0.25, -0.2) is 4.39 Å². The molecule has 0 spiro atoms. The number of amides is 1. The Morgan fingerprint density at radius 1 is 1.53 bits per heavy atom. The lowest BCUT2D eigenvalue weighted by Gasteiger charge is -2.13. The highest BCUT2D eigenvalue weighted by molar-refractivity contribution is 5.91. The summed E-state index contributed by atoms with van der Waals surface area (Å²) in [6.45, 7) is 3.53. The van der Waals surface area contributed by atoms with Gasteiger partial charge in [-0.15, -0.1) is 0 Å². The fourth-order valence-electron chi connectivity index (χ4n) is 1.30. The molecule has 1 amide bonds. The van der Waals surface area contributed by atoms with E-state index in [1.54, 1.807) is 0 Å². The number of hydrogen-bond donors (Lipinski definition) is 2. The Kier molecular flexibility index (Phi) is 4.90. The Balaban J connectivity index is 2.53. The van der Waals surface area contributed by atoms with Gasteiger partial charge in [-0.1, -0.05) is 6.92 Å². The third-order valence-corrected chi connectivity index (χ3v) is 2.52. The number of carbonyl (C=O) groups excluding carboxylic acids is 1. The van der Waals surface area contributed by atoms with E-state index in [1.807, 2.05) is 18.9 Å². The van der Waals surface area contributed by atoms with E-state index in [2.05, 4.69) is 5.32 Å². The summed E-state index contributed by atoms with van der Waals surface area (Å²) in [6, 6.07) is 4.11. The quantitative estimate of drug-likeness (QED) is 0.769. The molecule has 4 nitrogen and oxygen atoms in total. The van der Waals surface area contributed by atoms with Gasteiger partial charge in [-0.2, -0.15) is 0 Å². The minimum Gasteiger partial charge on any atom is -0.399 e. The molecule has 94 valence electrons. The van der Waals surface area contributed by atoms with Crippen LogP contribution in [0.3, 0.4) is 0 Å². The van der Waals surface area contributed by atoms with Crippen LogP contribution in [0, 0.1) is 5.82 Å². The number of nitrogens with one attached hydrogen (secondary N) is 1. The fraction of sp³-hybridized carbons (Fsp3) is 0.417. The van der Waals surface area contributed by atoms with E-state index in [9.17, 15) is 9.18 Å². The van der Waals surface area contributed by atoms with E-state index in [0.717, 1.165) is 6.54 Å². The molecule has 0 atom stereocenters. The monoisotopic (exact) mass is 239 g/mol. The van der Waals surface area contributed by atoms with E-state index >= 15 is 0 Å². The molecule has 1 aromatic carbocycles. The Morgan fingerprint density at radius 2 is 2.24 bits per heavy atom. The maximum absolute atomic E-state index is 13.3. The van der Waals surface area contributed by atoms with Crippen molar-refractivity contribution in [2.24, 2.45) is 0 Å². The summed E-state index contributed by atoms with van der Waals surface area (Å²) in [5, 5.41) is 2.51. The molecule has 0 saturated heterocycles. The molecular weight excluding hydrogens is 221 g/mol. The SMILES string of the molecule is CCN(C)CCC(=O)Nc1cc(N)ccc1F. The van der Waals surface area contributed by atoms with E-state index in [0.29, 0.717) is 18.7 Å². The number of halogens is 1. The molecule has 1 aromatic rings. The summed E-state index contributed by atoms with van der Waals surface area (Å²) in [4.78, 5) is 13.6. The Bertz CT molecular complexity index is 395. The maximum atomic E-state index is 13.3. The van der Waals surface area contributed by atoms with Gasteiger partial charge < -0.3 is 16.0 Å². The second kappa shape index (κ2) is 6.20. The van der Waals surface area contributed by atoms with E-state index in [1.165, 1.54) is 18.2 Å². The van der Waals surface area contributed by atoms with Crippen molar-refractivity contribution in [3.05, 3.63) is 24.0 Å². The van der Waals surface area contributed by atoms with Crippen LogP contribution in [0.25, 0.3) is 0 Å². The largest absolute Gasteiger partial charge is 0.399 e. The number of rotatable bonds is 5. The van der Waals surface area contributed by atoms with E-state index < -0.39 is 5.82 Å². The molecule has 17 heavy (non-hydrogen) atoms. The molecule has 0 heterocycles. The van der Waals surface area contributed by atoms with Crippen LogP contribution >= 0.6 is 0 Å². The standard InChI is InChI=1S/C12H18FN3O/c1-3-16(2)7-6-12(17)15-11-8-9(14)4-5-10(11)13/h4-5,8H,3,6-7,14H2,1-2H3,(H,15,17). The van der Waals surface area contributed by atoms with Crippen LogP contribution in [0.4, 0.5) is 15.8 Å². The number of carbonyl (C=O) groups is 1. The van der Waals surface area contributed by atoms with Crippen LogP contribution in [-0.2, 0) is 4.79 Å². The highest BCUT2D eigenvalue weighted by Gasteiger charge is 2.08. The van der Waals surface area contributed by atoms with Gasteiger partial charge in [0.2, 0.25) is 5.91 Å². The lowest BCUT2D eigenvalue weighted by molar-refractivity contribution is -0.116.